The number of nitrogens with one attached hydrogen (secondary N) is 3. The molecule has 0 atom stereocenters. The van der Waals surface area contributed by atoms with Crippen molar-refractivity contribution in [3.8, 4) is 0 Å². The zero-order chi connectivity index (χ0) is 14.5. The van der Waals surface area contributed by atoms with Crippen molar-refractivity contribution in [1.82, 2.24) is 5.32 Å². The fraction of sp³-hybridized carbons (Fsp3) is 0.467. The Morgan fingerprint density at radius 1 is 1.14 bits per heavy atom. The molecule has 2 amide bonds. The lowest BCUT2D eigenvalue weighted by Crippen LogP contribution is -2.34. The molecule has 0 saturated carbocycles. The van der Waals surface area contributed by atoms with Gasteiger partial charge in [0.2, 0.25) is 11.8 Å². The number of benzene rings is 1. The van der Waals surface area contributed by atoms with Gasteiger partial charge in [-0.15, -0.1) is 12.4 Å². The number of hydrogen-bond donors (Lipinski definition) is 3. The molecule has 1 saturated heterocycles. The van der Waals surface area contributed by atoms with Gasteiger partial charge < -0.3 is 16.0 Å². The van der Waals surface area contributed by atoms with Crippen LogP contribution in [0.3, 0.4) is 0 Å². The number of halogens is 1. The lowest BCUT2D eigenvalue weighted by Gasteiger charge is -2.22. The van der Waals surface area contributed by atoms with E-state index < -0.39 is 0 Å². The number of aryl methyl sites for hydroxylation is 1. The highest BCUT2D eigenvalue weighted by molar-refractivity contribution is 5.99. The van der Waals surface area contributed by atoms with Gasteiger partial charge in [-0.2, -0.15) is 0 Å². The molecule has 1 aliphatic heterocycles. The minimum atomic E-state index is -0.147. The van der Waals surface area contributed by atoms with E-state index >= 15 is 0 Å². The third-order valence-corrected chi connectivity index (χ3v) is 3.45. The van der Waals surface area contributed by atoms with E-state index in [0.29, 0.717) is 11.4 Å². The standard InChI is InChI=1S/C15H21N3O2.ClH/c1-10-3-4-13(17-11(2)19)14(9-10)18-15(20)12-5-7-16-8-6-12;/h3-4,9,12,16H,5-8H2,1-2H3,(H,17,19)(H,18,20);1H. The summed E-state index contributed by atoms with van der Waals surface area (Å²) in [6.45, 7) is 5.17. The van der Waals surface area contributed by atoms with E-state index in [4.69, 9.17) is 0 Å². The van der Waals surface area contributed by atoms with E-state index in [1.807, 2.05) is 25.1 Å². The van der Waals surface area contributed by atoms with Gasteiger partial charge >= 0.3 is 0 Å². The average Bonchev–Trinajstić information content (AvgIpc) is 2.42. The van der Waals surface area contributed by atoms with Gasteiger partial charge in [-0.25, -0.2) is 0 Å². The van der Waals surface area contributed by atoms with Crippen molar-refractivity contribution in [3.05, 3.63) is 23.8 Å². The van der Waals surface area contributed by atoms with Crippen LogP contribution in [0.25, 0.3) is 0 Å². The van der Waals surface area contributed by atoms with Crippen LogP contribution in [0.2, 0.25) is 0 Å². The van der Waals surface area contributed by atoms with Gasteiger partial charge in [0.25, 0.3) is 0 Å². The second-order valence-corrected chi connectivity index (χ2v) is 5.24. The van der Waals surface area contributed by atoms with Crippen LogP contribution in [0, 0.1) is 12.8 Å². The Morgan fingerprint density at radius 3 is 2.43 bits per heavy atom. The van der Waals surface area contributed by atoms with Gasteiger partial charge in [-0.1, -0.05) is 6.07 Å². The number of piperidine rings is 1. The lowest BCUT2D eigenvalue weighted by atomic mass is 9.97. The molecular formula is C15H22ClN3O2. The van der Waals surface area contributed by atoms with Crippen LogP contribution >= 0.6 is 12.4 Å². The molecule has 1 aliphatic rings. The highest BCUT2D eigenvalue weighted by Gasteiger charge is 2.21. The fourth-order valence-corrected chi connectivity index (χ4v) is 2.38. The molecule has 6 heteroatoms. The van der Waals surface area contributed by atoms with E-state index in [1.54, 1.807) is 0 Å². The van der Waals surface area contributed by atoms with Crippen molar-refractivity contribution in [2.75, 3.05) is 23.7 Å². The zero-order valence-corrected chi connectivity index (χ0v) is 13.2. The minimum absolute atomic E-state index is 0. The molecule has 116 valence electrons. The van der Waals surface area contributed by atoms with Crippen LogP contribution in [0.1, 0.15) is 25.3 Å². The summed E-state index contributed by atoms with van der Waals surface area (Å²) in [5.74, 6) is -0.0724. The van der Waals surface area contributed by atoms with Gasteiger partial charge in [0, 0.05) is 12.8 Å². The largest absolute Gasteiger partial charge is 0.325 e. The van der Waals surface area contributed by atoms with Gasteiger partial charge in [0.05, 0.1) is 11.4 Å². The maximum Gasteiger partial charge on any atom is 0.227 e. The van der Waals surface area contributed by atoms with E-state index in [0.717, 1.165) is 31.5 Å². The zero-order valence-electron chi connectivity index (χ0n) is 12.4. The molecule has 1 aromatic carbocycles. The molecular weight excluding hydrogens is 290 g/mol. The van der Waals surface area contributed by atoms with Crippen LogP contribution < -0.4 is 16.0 Å². The number of hydrogen-bond acceptors (Lipinski definition) is 3. The third kappa shape index (κ3) is 5.02. The predicted octanol–water partition coefficient (Wildman–Crippen LogP) is 2.31. The van der Waals surface area contributed by atoms with Gasteiger partial charge in [-0.3, -0.25) is 9.59 Å². The molecule has 21 heavy (non-hydrogen) atoms. The van der Waals surface area contributed by atoms with E-state index in [1.165, 1.54) is 6.92 Å². The second-order valence-electron chi connectivity index (χ2n) is 5.24. The topological polar surface area (TPSA) is 70.2 Å². The normalized spacial score (nSPS) is 15.0. The van der Waals surface area contributed by atoms with E-state index in [2.05, 4.69) is 16.0 Å². The van der Waals surface area contributed by atoms with Crippen LogP contribution in [-0.4, -0.2) is 24.9 Å². The molecule has 3 N–H and O–H groups in total. The molecule has 0 aromatic heterocycles. The molecule has 0 unspecified atom stereocenters. The van der Waals surface area contributed by atoms with Crippen molar-refractivity contribution in [2.45, 2.75) is 26.7 Å². The number of anilines is 2. The first-order valence-corrected chi connectivity index (χ1v) is 6.96. The van der Waals surface area contributed by atoms with Crippen molar-refractivity contribution in [3.63, 3.8) is 0 Å². The van der Waals surface area contributed by atoms with Gasteiger partial charge in [0.15, 0.2) is 0 Å². The maximum atomic E-state index is 12.3. The van der Waals surface area contributed by atoms with Gasteiger partial charge in [-0.05, 0) is 50.6 Å². The summed E-state index contributed by atoms with van der Waals surface area (Å²) in [6.07, 6.45) is 1.71. The number of rotatable bonds is 3. The Kier molecular flexibility index (Phi) is 6.65. The van der Waals surface area contributed by atoms with Crippen molar-refractivity contribution in [1.29, 1.82) is 0 Å². The number of carbonyl (C=O) groups is 2. The molecule has 0 spiro atoms. The smallest absolute Gasteiger partial charge is 0.227 e. The highest BCUT2D eigenvalue weighted by Crippen LogP contribution is 2.25. The number of carbonyl (C=O) groups excluding carboxylic acids is 2. The molecule has 5 nitrogen and oxygen atoms in total. The van der Waals surface area contributed by atoms with Crippen LogP contribution in [-0.2, 0) is 9.59 Å². The first-order valence-electron chi connectivity index (χ1n) is 6.96. The Bertz CT molecular complexity index is 514. The first-order chi connectivity index (χ1) is 9.56. The summed E-state index contributed by atoms with van der Waals surface area (Å²) in [7, 11) is 0. The number of amides is 2. The summed E-state index contributed by atoms with van der Waals surface area (Å²) in [4.78, 5) is 23.5. The van der Waals surface area contributed by atoms with Crippen molar-refractivity contribution >= 4 is 35.6 Å². The SMILES string of the molecule is CC(=O)Nc1ccc(C)cc1NC(=O)C1CCNCC1.Cl. The second kappa shape index (κ2) is 8.00. The third-order valence-electron chi connectivity index (χ3n) is 3.45. The summed E-state index contributed by atoms with van der Waals surface area (Å²) < 4.78 is 0. The Labute approximate surface area is 131 Å². The molecule has 0 aliphatic carbocycles. The van der Waals surface area contributed by atoms with Crippen LogP contribution in [0.4, 0.5) is 11.4 Å². The molecule has 2 rings (SSSR count). The summed E-state index contributed by atoms with van der Waals surface area (Å²) in [5, 5.41) is 8.93. The highest BCUT2D eigenvalue weighted by atomic mass is 35.5. The molecule has 1 fully saturated rings. The van der Waals surface area contributed by atoms with Gasteiger partial charge in [0.1, 0.15) is 0 Å². The monoisotopic (exact) mass is 311 g/mol. The summed E-state index contributed by atoms with van der Waals surface area (Å²) >= 11 is 0. The Hall–Kier alpha value is -1.59. The van der Waals surface area contributed by atoms with Crippen LogP contribution in [0.5, 0.6) is 0 Å². The fourth-order valence-electron chi connectivity index (χ4n) is 2.38. The van der Waals surface area contributed by atoms with Crippen molar-refractivity contribution in [2.24, 2.45) is 5.92 Å². The lowest BCUT2D eigenvalue weighted by molar-refractivity contribution is -0.120. The molecule has 0 radical (unpaired) electrons. The quantitative estimate of drug-likeness (QED) is 0.802. The average molecular weight is 312 g/mol. The Balaban J connectivity index is 0.00000220. The first kappa shape index (κ1) is 17.5. The van der Waals surface area contributed by atoms with Crippen LogP contribution in [0.15, 0.2) is 18.2 Å². The Morgan fingerprint density at radius 2 is 1.81 bits per heavy atom. The maximum absolute atomic E-state index is 12.3. The summed E-state index contributed by atoms with van der Waals surface area (Å²) in [5.41, 5.74) is 2.36. The molecule has 1 heterocycles. The molecule has 1 aromatic rings. The van der Waals surface area contributed by atoms with Crippen molar-refractivity contribution < 1.29 is 9.59 Å². The van der Waals surface area contributed by atoms with E-state index in [-0.39, 0.29) is 30.1 Å². The minimum Gasteiger partial charge on any atom is -0.325 e. The predicted molar refractivity (Wildman–Crippen MR) is 87.0 cm³/mol. The summed E-state index contributed by atoms with van der Waals surface area (Å²) in [6, 6.07) is 5.60. The van der Waals surface area contributed by atoms with E-state index in [9.17, 15) is 9.59 Å². The molecule has 0 bridgehead atoms.